The molecule has 1 saturated carbocycles. The fraction of sp³-hybridized carbons (Fsp3) is 0.350. The summed E-state index contributed by atoms with van der Waals surface area (Å²) < 4.78 is 11.6. The van der Waals surface area contributed by atoms with Gasteiger partial charge in [0.1, 0.15) is 11.9 Å². The molecule has 2 aliphatic rings. The Labute approximate surface area is 160 Å². The van der Waals surface area contributed by atoms with Gasteiger partial charge in [-0.05, 0) is 36.4 Å². The van der Waals surface area contributed by atoms with Crippen LogP contribution in [0, 0.1) is 0 Å². The van der Waals surface area contributed by atoms with E-state index in [2.05, 4.69) is 10.1 Å². The van der Waals surface area contributed by atoms with Crippen LogP contribution in [-0.2, 0) is 11.2 Å². The van der Waals surface area contributed by atoms with Gasteiger partial charge in [0.25, 0.3) is 5.89 Å². The number of carbonyl (C=O) groups is 1. The number of likely N-dealkylation sites (tertiary alicyclic amines) is 1. The van der Waals surface area contributed by atoms with E-state index >= 15 is 0 Å². The van der Waals surface area contributed by atoms with Gasteiger partial charge < -0.3 is 14.2 Å². The summed E-state index contributed by atoms with van der Waals surface area (Å²) in [4.78, 5) is 19.7. The Morgan fingerprint density at radius 3 is 2.85 bits per heavy atom. The third-order valence-corrected chi connectivity index (χ3v) is 5.78. The van der Waals surface area contributed by atoms with Crippen molar-refractivity contribution in [1.82, 2.24) is 15.0 Å². The molecule has 138 valence electrons. The Morgan fingerprint density at radius 2 is 2.07 bits per heavy atom. The van der Waals surface area contributed by atoms with Crippen LogP contribution in [-0.4, -0.2) is 40.1 Å². The number of thiophene rings is 1. The minimum absolute atomic E-state index is 0.00994. The van der Waals surface area contributed by atoms with Crippen LogP contribution in [0.4, 0.5) is 0 Å². The number of carbonyl (C=O) groups excluding carboxylic acids is 1. The minimum Gasteiger partial charge on any atom is -0.486 e. The molecule has 0 N–H and O–H groups in total. The third kappa shape index (κ3) is 3.47. The van der Waals surface area contributed by atoms with Gasteiger partial charge in [0.05, 0.1) is 25.1 Å². The van der Waals surface area contributed by atoms with Gasteiger partial charge in [0.2, 0.25) is 5.91 Å². The molecule has 7 heteroatoms. The summed E-state index contributed by atoms with van der Waals surface area (Å²) in [6, 6.07) is 11.7. The number of amides is 1. The quantitative estimate of drug-likeness (QED) is 0.654. The molecule has 1 amide bonds. The summed E-state index contributed by atoms with van der Waals surface area (Å²) in [5.74, 6) is 2.60. The first-order chi connectivity index (χ1) is 13.3. The highest BCUT2D eigenvalue weighted by Gasteiger charge is 2.33. The molecule has 27 heavy (non-hydrogen) atoms. The van der Waals surface area contributed by atoms with Gasteiger partial charge >= 0.3 is 0 Å². The number of aromatic nitrogens is 2. The van der Waals surface area contributed by atoms with E-state index < -0.39 is 0 Å². The topological polar surface area (TPSA) is 68.5 Å². The van der Waals surface area contributed by atoms with E-state index in [4.69, 9.17) is 9.26 Å². The van der Waals surface area contributed by atoms with E-state index in [0.29, 0.717) is 31.3 Å². The Hall–Kier alpha value is -2.67. The smallest absolute Gasteiger partial charge is 0.261 e. The molecular weight excluding hydrogens is 362 g/mol. The molecule has 5 rings (SSSR count). The van der Waals surface area contributed by atoms with E-state index in [0.717, 1.165) is 34.9 Å². The average Bonchev–Trinajstić information content (AvgIpc) is 3.15. The number of para-hydroxylation sites is 1. The number of nitrogens with zero attached hydrogens (tertiary/aromatic N) is 3. The van der Waals surface area contributed by atoms with Crippen molar-refractivity contribution >= 4 is 17.2 Å². The van der Waals surface area contributed by atoms with Gasteiger partial charge in [-0.2, -0.15) is 4.98 Å². The molecule has 3 aromatic rings. The zero-order valence-electron chi connectivity index (χ0n) is 14.7. The van der Waals surface area contributed by atoms with Crippen molar-refractivity contribution in [2.75, 3.05) is 13.1 Å². The highest BCUT2D eigenvalue weighted by atomic mass is 32.1. The van der Waals surface area contributed by atoms with Gasteiger partial charge in [-0.15, -0.1) is 11.3 Å². The lowest BCUT2D eigenvalue weighted by Gasteiger charge is -2.39. The molecule has 0 atom stereocenters. The highest BCUT2D eigenvalue weighted by molar-refractivity contribution is 7.10. The lowest BCUT2D eigenvalue weighted by molar-refractivity contribution is -0.139. The molecule has 2 fully saturated rings. The number of benzene rings is 1. The molecular formula is C20H19N3O3S. The fourth-order valence-electron chi connectivity index (χ4n) is 3.17. The number of hydrogen-bond donors (Lipinski definition) is 0. The Bertz CT molecular complexity index is 943. The van der Waals surface area contributed by atoms with Crippen molar-refractivity contribution in [2.45, 2.75) is 31.3 Å². The van der Waals surface area contributed by atoms with Crippen LogP contribution >= 0.6 is 11.3 Å². The van der Waals surface area contributed by atoms with Crippen LogP contribution in [0.3, 0.4) is 0 Å². The van der Waals surface area contributed by atoms with E-state index in [1.807, 2.05) is 46.7 Å². The monoisotopic (exact) mass is 381 g/mol. The molecule has 1 aliphatic heterocycles. The zero-order valence-corrected chi connectivity index (χ0v) is 15.5. The average molecular weight is 381 g/mol. The third-order valence-electron chi connectivity index (χ3n) is 4.90. The van der Waals surface area contributed by atoms with E-state index in [1.165, 1.54) is 0 Å². The predicted octanol–water partition coefficient (Wildman–Crippen LogP) is 3.51. The van der Waals surface area contributed by atoms with Crippen molar-refractivity contribution in [3.05, 3.63) is 52.5 Å². The molecule has 0 bridgehead atoms. The number of ether oxygens (including phenoxy) is 1. The maximum atomic E-state index is 12.3. The summed E-state index contributed by atoms with van der Waals surface area (Å²) in [5.41, 5.74) is 0.806. The van der Waals surface area contributed by atoms with Crippen LogP contribution < -0.4 is 4.74 Å². The Balaban J connectivity index is 1.22. The molecule has 0 unspecified atom stereocenters. The van der Waals surface area contributed by atoms with Gasteiger partial charge in [0, 0.05) is 10.8 Å². The van der Waals surface area contributed by atoms with Crippen LogP contribution in [0.1, 0.15) is 29.5 Å². The van der Waals surface area contributed by atoms with Crippen LogP contribution in [0.25, 0.3) is 11.5 Å². The van der Waals surface area contributed by atoms with Crippen molar-refractivity contribution in [1.29, 1.82) is 0 Å². The number of hydrogen-bond acceptors (Lipinski definition) is 6. The second kappa shape index (κ2) is 6.81. The first-order valence-electron chi connectivity index (χ1n) is 9.16. The molecule has 3 heterocycles. The molecule has 0 spiro atoms. The van der Waals surface area contributed by atoms with Crippen LogP contribution in [0.2, 0.25) is 0 Å². The normalized spacial score (nSPS) is 17.0. The maximum Gasteiger partial charge on any atom is 0.261 e. The van der Waals surface area contributed by atoms with Crippen molar-refractivity contribution in [2.24, 2.45) is 0 Å². The lowest BCUT2D eigenvalue weighted by atomic mass is 10.1. The highest BCUT2D eigenvalue weighted by Crippen LogP contribution is 2.39. The SMILES string of the molecule is O=C(Cc1cccs1)N1CC(Oc2ccccc2-c2nc(C3CC3)no2)C1. The minimum atomic E-state index is -0.00994. The summed E-state index contributed by atoms with van der Waals surface area (Å²) in [7, 11) is 0. The van der Waals surface area contributed by atoms with Crippen LogP contribution in [0.15, 0.2) is 46.3 Å². The van der Waals surface area contributed by atoms with Crippen molar-refractivity contribution < 1.29 is 14.1 Å². The maximum absolute atomic E-state index is 12.3. The van der Waals surface area contributed by atoms with E-state index in [1.54, 1.807) is 11.3 Å². The largest absolute Gasteiger partial charge is 0.486 e. The second-order valence-electron chi connectivity index (χ2n) is 7.02. The predicted molar refractivity (Wildman–Crippen MR) is 101 cm³/mol. The standard InChI is InChI=1S/C20H19N3O3S/c24-18(10-15-4-3-9-27-15)23-11-14(12-23)25-17-6-2-1-5-16(17)20-21-19(22-26-20)13-7-8-13/h1-6,9,13-14H,7-8,10-12H2. The molecule has 1 aliphatic carbocycles. The lowest BCUT2D eigenvalue weighted by Crippen LogP contribution is -2.56. The molecule has 1 saturated heterocycles. The molecule has 1 aromatic carbocycles. The Morgan fingerprint density at radius 1 is 1.22 bits per heavy atom. The van der Waals surface area contributed by atoms with E-state index in [-0.39, 0.29) is 12.0 Å². The van der Waals surface area contributed by atoms with Gasteiger partial charge in [0.15, 0.2) is 5.82 Å². The second-order valence-corrected chi connectivity index (χ2v) is 8.06. The number of rotatable bonds is 6. The van der Waals surface area contributed by atoms with E-state index in [9.17, 15) is 4.79 Å². The van der Waals surface area contributed by atoms with Gasteiger partial charge in [-0.1, -0.05) is 23.4 Å². The summed E-state index contributed by atoms with van der Waals surface area (Å²) in [6.07, 6.45) is 2.72. The molecule has 0 radical (unpaired) electrons. The van der Waals surface area contributed by atoms with Gasteiger partial charge in [-0.3, -0.25) is 4.79 Å². The van der Waals surface area contributed by atoms with Crippen LogP contribution in [0.5, 0.6) is 5.75 Å². The zero-order chi connectivity index (χ0) is 18.2. The van der Waals surface area contributed by atoms with Crippen molar-refractivity contribution in [3.63, 3.8) is 0 Å². The Kier molecular flexibility index (Phi) is 4.16. The fourth-order valence-corrected chi connectivity index (χ4v) is 3.86. The summed E-state index contributed by atoms with van der Waals surface area (Å²) in [5, 5.41) is 6.08. The van der Waals surface area contributed by atoms with Gasteiger partial charge in [-0.25, -0.2) is 0 Å². The molecule has 2 aromatic heterocycles. The summed E-state index contributed by atoms with van der Waals surface area (Å²) in [6.45, 7) is 1.21. The van der Waals surface area contributed by atoms with Crippen molar-refractivity contribution in [3.8, 4) is 17.2 Å². The summed E-state index contributed by atoms with van der Waals surface area (Å²) >= 11 is 1.61. The molecule has 6 nitrogen and oxygen atoms in total. The first kappa shape index (κ1) is 16.5. The first-order valence-corrected chi connectivity index (χ1v) is 10.0.